The standard InChI is InChI=1S/C26H31N3O5/c1-3-4-5-14-34-20-10-7-18(8-11-20)27-23-13-9-19(16-24(23)29(32)33)28-25(30)21-12-6-17(2)15-22(21)26(28)31/h7-11,13,16-17,21-22,27H,3-6,12,14-15H2,1-2H3/t17-,21-,22-/m1/s1. The third-order valence-corrected chi connectivity index (χ3v) is 6.77. The summed E-state index contributed by atoms with van der Waals surface area (Å²) in [6.07, 6.45) is 5.54. The Bertz CT molecular complexity index is 1070. The molecule has 180 valence electrons. The van der Waals surface area contributed by atoms with Crippen LogP contribution in [0.2, 0.25) is 0 Å². The van der Waals surface area contributed by atoms with Gasteiger partial charge < -0.3 is 10.1 Å². The molecule has 0 bridgehead atoms. The van der Waals surface area contributed by atoms with Crippen molar-refractivity contribution in [2.45, 2.75) is 52.4 Å². The molecule has 2 aliphatic rings. The number of carbonyl (C=O) groups is 2. The number of hydrogen-bond donors (Lipinski definition) is 1. The van der Waals surface area contributed by atoms with Crippen molar-refractivity contribution >= 4 is 34.6 Å². The molecule has 1 aliphatic carbocycles. The van der Waals surface area contributed by atoms with Crippen LogP contribution in [0.15, 0.2) is 42.5 Å². The summed E-state index contributed by atoms with van der Waals surface area (Å²) in [5, 5.41) is 14.9. The number of ether oxygens (including phenoxy) is 1. The molecular weight excluding hydrogens is 434 g/mol. The fourth-order valence-corrected chi connectivity index (χ4v) is 4.89. The molecule has 8 heteroatoms. The summed E-state index contributed by atoms with van der Waals surface area (Å²) in [5.41, 5.74) is 1.02. The van der Waals surface area contributed by atoms with Crippen molar-refractivity contribution in [2.75, 3.05) is 16.8 Å². The molecule has 2 aromatic carbocycles. The molecule has 1 heterocycles. The van der Waals surface area contributed by atoms with E-state index in [1.54, 1.807) is 24.3 Å². The molecule has 1 aliphatic heterocycles. The maximum Gasteiger partial charge on any atom is 0.294 e. The minimum atomic E-state index is -0.503. The van der Waals surface area contributed by atoms with Gasteiger partial charge in [-0.2, -0.15) is 0 Å². The van der Waals surface area contributed by atoms with Crippen LogP contribution in [-0.2, 0) is 9.59 Å². The summed E-state index contributed by atoms with van der Waals surface area (Å²) in [6.45, 7) is 4.88. The van der Waals surface area contributed by atoms with Crippen molar-refractivity contribution in [1.82, 2.24) is 0 Å². The number of amides is 2. The van der Waals surface area contributed by atoms with Crippen molar-refractivity contribution in [3.05, 3.63) is 52.6 Å². The summed E-state index contributed by atoms with van der Waals surface area (Å²) < 4.78 is 5.71. The van der Waals surface area contributed by atoms with Gasteiger partial charge in [-0.25, -0.2) is 4.90 Å². The number of benzene rings is 2. The molecular formula is C26H31N3O5. The van der Waals surface area contributed by atoms with E-state index in [0.29, 0.717) is 31.1 Å². The normalized spacial score (nSPS) is 21.9. The van der Waals surface area contributed by atoms with E-state index >= 15 is 0 Å². The largest absolute Gasteiger partial charge is 0.494 e. The molecule has 1 saturated heterocycles. The third-order valence-electron chi connectivity index (χ3n) is 6.77. The lowest BCUT2D eigenvalue weighted by molar-refractivity contribution is -0.383. The van der Waals surface area contributed by atoms with Gasteiger partial charge in [0.1, 0.15) is 11.4 Å². The Morgan fingerprint density at radius 1 is 1.06 bits per heavy atom. The van der Waals surface area contributed by atoms with Gasteiger partial charge in [-0.1, -0.05) is 26.7 Å². The van der Waals surface area contributed by atoms with E-state index in [-0.39, 0.29) is 40.7 Å². The minimum Gasteiger partial charge on any atom is -0.494 e. The quantitative estimate of drug-likeness (QED) is 0.216. The Kier molecular flexibility index (Phi) is 7.14. The van der Waals surface area contributed by atoms with Crippen LogP contribution in [0.1, 0.15) is 52.4 Å². The minimum absolute atomic E-state index is 0.193. The number of fused-ring (bicyclic) bond motifs is 1. The van der Waals surface area contributed by atoms with Crippen LogP contribution in [0.5, 0.6) is 5.75 Å². The van der Waals surface area contributed by atoms with Crippen molar-refractivity contribution in [3.63, 3.8) is 0 Å². The van der Waals surface area contributed by atoms with Crippen molar-refractivity contribution < 1.29 is 19.2 Å². The average Bonchev–Trinajstić information content (AvgIpc) is 3.07. The number of rotatable bonds is 9. The van der Waals surface area contributed by atoms with Crippen LogP contribution in [-0.4, -0.2) is 23.3 Å². The van der Waals surface area contributed by atoms with Crippen molar-refractivity contribution in [1.29, 1.82) is 0 Å². The van der Waals surface area contributed by atoms with Gasteiger partial charge >= 0.3 is 0 Å². The number of nitrogens with one attached hydrogen (secondary N) is 1. The van der Waals surface area contributed by atoms with Gasteiger partial charge in [0.25, 0.3) is 5.69 Å². The lowest BCUT2D eigenvalue weighted by Crippen LogP contribution is -2.30. The van der Waals surface area contributed by atoms with Gasteiger partial charge in [0, 0.05) is 11.8 Å². The Morgan fingerprint density at radius 2 is 1.79 bits per heavy atom. The summed E-state index contributed by atoms with van der Waals surface area (Å²) in [6, 6.07) is 11.7. The first-order valence-electron chi connectivity index (χ1n) is 12.0. The molecule has 0 radical (unpaired) electrons. The van der Waals surface area contributed by atoms with E-state index in [1.807, 2.05) is 12.1 Å². The highest BCUT2D eigenvalue weighted by Gasteiger charge is 2.50. The number of carbonyl (C=O) groups excluding carboxylic acids is 2. The zero-order valence-corrected chi connectivity index (χ0v) is 19.7. The van der Waals surface area contributed by atoms with E-state index in [9.17, 15) is 19.7 Å². The van der Waals surface area contributed by atoms with E-state index in [2.05, 4.69) is 19.2 Å². The third kappa shape index (κ3) is 4.90. The Hall–Kier alpha value is -3.42. The summed E-state index contributed by atoms with van der Waals surface area (Å²) in [4.78, 5) is 38.4. The van der Waals surface area contributed by atoms with E-state index < -0.39 is 4.92 Å². The maximum atomic E-state index is 13.0. The van der Waals surface area contributed by atoms with Crippen molar-refractivity contribution in [2.24, 2.45) is 17.8 Å². The van der Waals surface area contributed by atoms with Gasteiger partial charge in [0.15, 0.2) is 0 Å². The smallest absolute Gasteiger partial charge is 0.294 e. The highest BCUT2D eigenvalue weighted by Crippen LogP contribution is 2.43. The molecule has 0 unspecified atom stereocenters. The lowest BCUT2D eigenvalue weighted by atomic mass is 9.76. The highest BCUT2D eigenvalue weighted by atomic mass is 16.6. The van der Waals surface area contributed by atoms with Crippen LogP contribution in [0.25, 0.3) is 0 Å². The summed E-state index contributed by atoms with van der Waals surface area (Å²) in [7, 11) is 0. The Labute approximate surface area is 199 Å². The maximum absolute atomic E-state index is 13.0. The SMILES string of the molecule is CCCCCOc1ccc(Nc2ccc(N3C(=O)[C@@H]4CC[C@@H](C)C[C@H]4C3=O)cc2[N+](=O)[O-])cc1. The first-order chi connectivity index (χ1) is 16.4. The number of imide groups is 1. The van der Waals surface area contributed by atoms with E-state index in [0.717, 1.165) is 36.3 Å². The van der Waals surface area contributed by atoms with Crippen LogP contribution in [0, 0.1) is 27.9 Å². The van der Waals surface area contributed by atoms with Gasteiger partial charge in [-0.15, -0.1) is 0 Å². The first-order valence-corrected chi connectivity index (χ1v) is 12.0. The number of anilines is 3. The number of nitrogens with zero attached hydrogens (tertiary/aromatic N) is 2. The fourth-order valence-electron chi connectivity index (χ4n) is 4.89. The lowest BCUT2D eigenvalue weighted by Gasteiger charge is -2.25. The zero-order chi connectivity index (χ0) is 24.2. The number of unbranched alkanes of at least 4 members (excludes halogenated alkanes) is 2. The summed E-state index contributed by atoms with van der Waals surface area (Å²) in [5.74, 6) is 0.0110. The predicted molar refractivity (Wildman–Crippen MR) is 130 cm³/mol. The predicted octanol–water partition coefficient (Wildman–Crippen LogP) is 5.83. The van der Waals surface area contributed by atoms with Gasteiger partial charge in [-0.05, 0) is 68.0 Å². The van der Waals surface area contributed by atoms with Crippen molar-refractivity contribution in [3.8, 4) is 5.75 Å². The Balaban J connectivity index is 1.51. The molecule has 1 saturated carbocycles. The topological polar surface area (TPSA) is 102 Å². The molecule has 2 fully saturated rings. The van der Waals surface area contributed by atoms with Gasteiger partial charge in [-0.3, -0.25) is 19.7 Å². The number of hydrogen-bond acceptors (Lipinski definition) is 6. The number of nitro groups is 1. The average molecular weight is 466 g/mol. The zero-order valence-electron chi connectivity index (χ0n) is 19.7. The molecule has 8 nitrogen and oxygen atoms in total. The van der Waals surface area contributed by atoms with Crippen LogP contribution in [0.4, 0.5) is 22.7 Å². The molecule has 2 amide bonds. The first kappa shape index (κ1) is 23.7. The van der Waals surface area contributed by atoms with Crippen LogP contribution >= 0.6 is 0 Å². The van der Waals surface area contributed by atoms with Gasteiger partial charge in [0.2, 0.25) is 11.8 Å². The molecule has 3 atom stereocenters. The molecule has 1 N–H and O–H groups in total. The van der Waals surface area contributed by atoms with Crippen LogP contribution < -0.4 is 15.0 Å². The fraction of sp³-hybridized carbons (Fsp3) is 0.462. The molecule has 2 aromatic rings. The van der Waals surface area contributed by atoms with E-state index in [1.165, 1.54) is 6.07 Å². The molecule has 34 heavy (non-hydrogen) atoms. The van der Waals surface area contributed by atoms with Gasteiger partial charge in [0.05, 0.1) is 29.1 Å². The second-order valence-corrected chi connectivity index (χ2v) is 9.31. The summed E-state index contributed by atoms with van der Waals surface area (Å²) >= 11 is 0. The Morgan fingerprint density at radius 3 is 2.50 bits per heavy atom. The number of nitro benzene ring substituents is 1. The van der Waals surface area contributed by atoms with Crippen LogP contribution in [0.3, 0.4) is 0 Å². The van der Waals surface area contributed by atoms with E-state index in [4.69, 9.17) is 4.74 Å². The second kappa shape index (κ2) is 10.2. The highest BCUT2D eigenvalue weighted by molar-refractivity contribution is 6.22. The molecule has 4 rings (SSSR count). The second-order valence-electron chi connectivity index (χ2n) is 9.31. The monoisotopic (exact) mass is 465 g/mol. The molecule has 0 spiro atoms. The molecule has 0 aromatic heterocycles.